The highest BCUT2D eigenvalue weighted by Crippen LogP contribution is 2.26. The van der Waals surface area contributed by atoms with Gasteiger partial charge in [0, 0.05) is 6.07 Å². The smallest absolute Gasteiger partial charge is 0.245 e. The molecule has 0 spiro atoms. The summed E-state index contributed by atoms with van der Waals surface area (Å²) in [4.78, 5) is 3.92. The molecule has 10 heteroatoms. The van der Waals surface area contributed by atoms with Crippen molar-refractivity contribution < 1.29 is 12.8 Å². The molecule has 0 fully saturated rings. The minimum atomic E-state index is -3.68. The number of sulfonamides is 1. The standard InChI is InChI=1S/C11H16BrN5O3S/c1-2-3-13-5-8-4-9(11(12)20-8)21(18,19)16-6-10-14-7-15-17-10/h4,7,13,16H,2-3,5-6H2,1H3,(H,14,15,17). The van der Waals surface area contributed by atoms with Crippen molar-refractivity contribution in [3.05, 3.63) is 28.6 Å². The number of halogens is 1. The molecule has 0 amide bonds. The zero-order valence-corrected chi connectivity index (χ0v) is 13.8. The van der Waals surface area contributed by atoms with Gasteiger partial charge in [0.2, 0.25) is 10.0 Å². The van der Waals surface area contributed by atoms with Crippen LogP contribution >= 0.6 is 15.9 Å². The monoisotopic (exact) mass is 377 g/mol. The van der Waals surface area contributed by atoms with Crippen LogP contribution in [0.4, 0.5) is 0 Å². The number of H-pyrrole nitrogens is 1. The highest BCUT2D eigenvalue weighted by atomic mass is 79.9. The molecule has 116 valence electrons. The topological polar surface area (TPSA) is 113 Å². The molecule has 0 saturated carbocycles. The fraction of sp³-hybridized carbons (Fsp3) is 0.455. The lowest BCUT2D eigenvalue weighted by atomic mass is 10.4. The lowest BCUT2D eigenvalue weighted by Gasteiger charge is -2.02. The Morgan fingerprint density at radius 3 is 2.90 bits per heavy atom. The second-order valence-electron chi connectivity index (χ2n) is 4.28. The van der Waals surface area contributed by atoms with Crippen LogP contribution in [-0.2, 0) is 23.1 Å². The molecule has 8 nitrogen and oxygen atoms in total. The van der Waals surface area contributed by atoms with Crippen molar-refractivity contribution in [2.24, 2.45) is 0 Å². The van der Waals surface area contributed by atoms with Crippen molar-refractivity contribution >= 4 is 26.0 Å². The van der Waals surface area contributed by atoms with Gasteiger partial charge in [0.05, 0.1) is 13.1 Å². The number of nitrogens with one attached hydrogen (secondary N) is 3. The second-order valence-corrected chi connectivity index (χ2v) is 6.74. The number of hydrogen-bond acceptors (Lipinski definition) is 6. The summed E-state index contributed by atoms with van der Waals surface area (Å²) in [5.41, 5.74) is 0. The van der Waals surface area contributed by atoms with Gasteiger partial charge in [0.1, 0.15) is 22.8 Å². The largest absolute Gasteiger partial charge is 0.452 e. The van der Waals surface area contributed by atoms with E-state index in [-0.39, 0.29) is 16.1 Å². The van der Waals surface area contributed by atoms with Gasteiger partial charge < -0.3 is 9.73 Å². The number of hydrogen-bond donors (Lipinski definition) is 3. The molecule has 0 aliphatic heterocycles. The maximum absolute atomic E-state index is 12.2. The van der Waals surface area contributed by atoms with Gasteiger partial charge in [-0.05, 0) is 28.9 Å². The first kappa shape index (κ1) is 16.1. The summed E-state index contributed by atoms with van der Waals surface area (Å²) in [5, 5.41) is 9.38. The Kier molecular flexibility index (Phi) is 5.51. The molecule has 0 aliphatic rings. The minimum Gasteiger partial charge on any atom is -0.452 e. The molecule has 2 rings (SSSR count). The molecule has 0 aliphatic carbocycles. The highest BCUT2D eigenvalue weighted by Gasteiger charge is 2.22. The lowest BCUT2D eigenvalue weighted by molar-refractivity contribution is 0.461. The Bertz CT molecular complexity index is 668. The van der Waals surface area contributed by atoms with Gasteiger partial charge in [-0.25, -0.2) is 18.1 Å². The predicted octanol–water partition coefficient (Wildman–Crippen LogP) is 1.14. The van der Waals surface area contributed by atoms with Crippen molar-refractivity contribution in [3.8, 4) is 0 Å². The summed E-state index contributed by atoms with van der Waals surface area (Å²) in [6, 6.07) is 1.50. The van der Waals surface area contributed by atoms with Crippen LogP contribution in [0.15, 0.2) is 26.4 Å². The van der Waals surface area contributed by atoms with E-state index in [0.717, 1.165) is 13.0 Å². The molecular weight excluding hydrogens is 362 g/mol. The Morgan fingerprint density at radius 2 is 2.24 bits per heavy atom. The van der Waals surface area contributed by atoms with E-state index < -0.39 is 10.0 Å². The molecule has 2 aromatic heterocycles. The normalized spacial score (nSPS) is 11.9. The third-order valence-electron chi connectivity index (χ3n) is 2.62. The van der Waals surface area contributed by atoms with Crippen LogP contribution in [0.25, 0.3) is 0 Å². The van der Waals surface area contributed by atoms with Crippen LogP contribution in [0.5, 0.6) is 0 Å². The van der Waals surface area contributed by atoms with Gasteiger partial charge in [-0.3, -0.25) is 5.10 Å². The van der Waals surface area contributed by atoms with Gasteiger partial charge in [-0.2, -0.15) is 5.10 Å². The van der Waals surface area contributed by atoms with Crippen LogP contribution < -0.4 is 10.0 Å². The predicted molar refractivity (Wildman–Crippen MR) is 78.8 cm³/mol. The van der Waals surface area contributed by atoms with Crippen molar-refractivity contribution in [2.45, 2.75) is 31.3 Å². The summed E-state index contributed by atoms with van der Waals surface area (Å²) >= 11 is 3.13. The summed E-state index contributed by atoms with van der Waals surface area (Å²) < 4.78 is 32.4. The molecule has 0 radical (unpaired) electrons. The maximum atomic E-state index is 12.2. The Labute approximate surface area is 130 Å². The number of furan rings is 1. The van der Waals surface area contributed by atoms with Crippen LogP contribution in [0, 0.1) is 0 Å². The first-order valence-corrected chi connectivity index (χ1v) is 8.63. The second kappa shape index (κ2) is 7.16. The van der Waals surface area contributed by atoms with Crippen molar-refractivity contribution in [3.63, 3.8) is 0 Å². The summed E-state index contributed by atoms with van der Waals surface area (Å²) in [6.07, 6.45) is 2.31. The number of aromatic amines is 1. The molecule has 0 unspecified atom stereocenters. The molecule has 3 N–H and O–H groups in total. The fourth-order valence-corrected chi connectivity index (χ4v) is 3.60. The van der Waals surface area contributed by atoms with E-state index in [0.29, 0.717) is 18.1 Å². The summed E-state index contributed by atoms with van der Waals surface area (Å²) in [6.45, 7) is 3.39. The van der Waals surface area contributed by atoms with Crippen LogP contribution in [0.1, 0.15) is 24.9 Å². The van der Waals surface area contributed by atoms with Crippen LogP contribution in [0.3, 0.4) is 0 Å². The van der Waals surface area contributed by atoms with E-state index >= 15 is 0 Å². The van der Waals surface area contributed by atoms with E-state index in [2.05, 4.69) is 41.2 Å². The van der Waals surface area contributed by atoms with Crippen LogP contribution in [-0.4, -0.2) is 30.1 Å². The highest BCUT2D eigenvalue weighted by molar-refractivity contribution is 9.10. The van der Waals surface area contributed by atoms with E-state index in [1.54, 1.807) is 0 Å². The Morgan fingerprint density at radius 1 is 1.43 bits per heavy atom. The van der Waals surface area contributed by atoms with Crippen LogP contribution in [0.2, 0.25) is 0 Å². The average Bonchev–Trinajstić information content (AvgIpc) is 3.07. The first-order chi connectivity index (χ1) is 10.0. The van der Waals surface area contributed by atoms with Gasteiger partial charge in [0.25, 0.3) is 0 Å². The number of nitrogens with zero attached hydrogens (tertiary/aromatic N) is 2. The molecule has 2 heterocycles. The third-order valence-corrected chi connectivity index (χ3v) is 4.87. The van der Waals surface area contributed by atoms with Gasteiger partial charge in [-0.1, -0.05) is 6.92 Å². The minimum absolute atomic E-state index is 0.0311. The van der Waals surface area contributed by atoms with Crippen molar-refractivity contribution in [1.29, 1.82) is 0 Å². The number of aromatic nitrogens is 3. The van der Waals surface area contributed by atoms with E-state index in [1.165, 1.54) is 12.4 Å². The first-order valence-electron chi connectivity index (χ1n) is 6.35. The molecule has 0 bridgehead atoms. The average molecular weight is 378 g/mol. The maximum Gasteiger partial charge on any atom is 0.245 e. The Hall–Kier alpha value is -1.23. The fourth-order valence-electron chi connectivity index (χ4n) is 1.61. The Balaban J connectivity index is 2.05. The van der Waals surface area contributed by atoms with E-state index in [4.69, 9.17) is 4.42 Å². The van der Waals surface area contributed by atoms with E-state index in [9.17, 15) is 8.42 Å². The summed E-state index contributed by atoms with van der Waals surface area (Å²) in [7, 11) is -3.68. The van der Waals surface area contributed by atoms with Crippen molar-refractivity contribution in [2.75, 3.05) is 6.54 Å². The van der Waals surface area contributed by atoms with Crippen molar-refractivity contribution in [1.82, 2.24) is 25.2 Å². The molecule has 0 atom stereocenters. The molecule has 0 aromatic carbocycles. The quantitative estimate of drug-likeness (QED) is 0.594. The molecule has 21 heavy (non-hydrogen) atoms. The third kappa shape index (κ3) is 4.37. The molecular formula is C11H16BrN5O3S. The summed E-state index contributed by atoms with van der Waals surface area (Å²) in [5.74, 6) is 0.985. The zero-order chi connectivity index (χ0) is 15.3. The SMILES string of the molecule is CCCNCc1cc(S(=O)(=O)NCc2ncn[nH]2)c(Br)o1. The molecule has 2 aromatic rings. The van der Waals surface area contributed by atoms with Gasteiger partial charge >= 0.3 is 0 Å². The van der Waals surface area contributed by atoms with Gasteiger partial charge in [0.15, 0.2) is 4.67 Å². The zero-order valence-electron chi connectivity index (χ0n) is 11.4. The van der Waals surface area contributed by atoms with E-state index in [1.807, 2.05) is 6.92 Å². The lowest BCUT2D eigenvalue weighted by Crippen LogP contribution is -2.23. The van der Waals surface area contributed by atoms with Gasteiger partial charge in [-0.15, -0.1) is 0 Å². The number of rotatable bonds is 8. The molecule has 0 saturated heterocycles.